The van der Waals surface area contributed by atoms with Gasteiger partial charge in [-0.1, -0.05) is 6.92 Å². The quantitative estimate of drug-likeness (QED) is 0.411. The summed E-state index contributed by atoms with van der Waals surface area (Å²) in [5.74, 6) is 0.150. The zero-order valence-electron chi connectivity index (χ0n) is 16.5. The number of thiazole rings is 1. The summed E-state index contributed by atoms with van der Waals surface area (Å²) in [5, 5.41) is 4.16. The zero-order chi connectivity index (χ0) is 20.0. The number of rotatable bonds is 4. The molecule has 5 rings (SSSR count). The van der Waals surface area contributed by atoms with Crippen molar-refractivity contribution in [1.82, 2.24) is 14.9 Å². The van der Waals surface area contributed by atoms with Gasteiger partial charge in [0.05, 0.1) is 27.6 Å². The molecule has 0 spiro atoms. The number of likely N-dealkylation sites (N-methyl/N-ethyl adjacent to an activating group) is 1. The van der Waals surface area contributed by atoms with Crippen LogP contribution in [0.2, 0.25) is 0 Å². The molecule has 0 unspecified atom stereocenters. The van der Waals surface area contributed by atoms with Crippen molar-refractivity contribution in [2.45, 2.75) is 38.6 Å². The lowest BCUT2D eigenvalue weighted by atomic mass is 9.89. The highest BCUT2D eigenvalue weighted by atomic mass is 32.1. The number of halogens is 1. The van der Waals surface area contributed by atoms with E-state index in [4.69, 9.17) is 0 Å². The first-order chi connectivity index (χ1) is 14.1. The molecule has 1 aliphatic rings. The fraction of sp³-hybridized carbons (Fsp3) is 0.364. The second-order valence-electron chi connectivity index (χ2n) is 7.63. The smallest absolute Gasteiger partial charge is 0.165 e. The molecule has 1 fully saturated rings. The molecule has 4 heterocycles. The molecule has 0 aliphatic carbocycles. The third-order valence-electron chi connectivity index (χ3n) is 6.02. The number of hydrogen-bond donors (Lipinski definition) is 1. The van der Waals surface area contributed by atoms with Crippen LogP contribution < -0.4 is 5.32 Å². The Morgan fingerprint density at radius 2 is 2.17 bits per heavy atom. The zero-order valence-corrected chi connectivity index (χ0v) is 18.1. The van der Waals surface area contributed by atoms with Crippen molar-refractivity contribution >= 4 is 54.5 Å². The maximum Gasteiger partial charge on any atom is 0.165 e. The number of aromatic nitrogens is 2. The predicted octanol–water partition coefficient (Wildman–Crippen LogP) is 6.38. The van der Waals surface area contributed by atoms with Crippen molar-refractivity contribution in [2.75, 3.05) is 18.4 Å². The van der Waals surface area contributed by atoms with Gasteiger partial charge in [-0.3, -0.25) is 0 Å². The molecule has 0 radical (unpaired) electrons. The van der Waals surface area contributed by atoms with E-state index in [1.165, 1.54) is 23.9 Å². The maximum atomic E-state index is 14.8. The summed E-state index contributed by atoms with van der Waals surface area (Å²) >= 11 is 3.31. The fourth-order valence-corrected chi connectivity index (χ4v) is 6.31. The van der Waals surface area contributed by atoms with Crippen LogP contribution in [0.15, 0.2) is 36.0 Å². The van der Waals surface area contributed by atoms with Crippen LogP contribution in [0.4, 0.5) is 15.8 Å². The first kappa shape index (κ1) is 18.9. The second kappa shape index (κ2) is 7.63. The van der Waals surface area contributed by atoms with E-state index < -0.39 is 0 Å². The van der Waals surface area contributed by atoms with E-state index in [0.717, 1.165) is 39.2 Å². The van der Waals surface area contributed by atoms with Crippen LogP contribution in [0.1, 0.15) is 37.5 Å². The minimum atomic E-state index is -0.327. The summed E-state index contributed by atoms with van der Waals surface area (Å²) in [7, 11) is 0. The normalized spacial score (nSPS) is 20.5. The summed E-state index contributed by atoms with van der Waals surface area (Å²) in [5.41, 5.74) is 4.09. The molecular formula is C22H23FN4S2. The molecule has 1 saturated heterocycles. The van der Waals surface area contributed by atoms with Crippen LogP contribution in [0.25, 0.3) is 20.4 Å². The number of hydrogen-bond acceptors (Lipinski definition) is 6. The molecule has 1 aliphatic heterocycles. The molecule has 2 atom stereocenters. The average Bonchev–Trinajstić information content (AvgIpc) is 3.37. The topological polar surface area (TPSA) is 41.0 Å². The van der Waals surface area contributed by atoms with Gasteiger partial charge in [-0.05, 0) is 57.1 Å². The first-order valence-electron chi connectivity index (χ1n) is 10.1. The highest BCUT2D eigenvalue weighted by Crippen LogP contribution is 2.41. The standard InChI is InChI=1S/C22H23FN4S2/c1-3-27-8-4-5-15(13(27)2)20-10-16-21(17(23)11-24-22(16)29-20)26-14-6-7-19-18(9-14)25-12-28-19/h6-7,9-13,15H,3-5,8H2,1-2H3,(H,24,26)/t13-,15-/m1/s1. The van der Waals surface area contributed by atoms with Crippen molar-refractivity contribution in [1.29, 1.82) is 0 Å². The number of piperidine rings is 1. The summed E-state index contributed by atoms with van der Waals surface area (Å²) in [6.45, 7) is 6.77. The van der Waals surface area contributed by atoms with Crippen molar-refractivity contribution in [2.24, 2.45) is 0 Å². The number of thiophene rings is 1. The Kier molecular flexibility index (Phi) is 4.97. The van der Waals surface area contributed by atoms with Crippen molar-refractivity contribution in [3.63, 3.8) is 0 Å². The minimum absolute atomic E-state index is 0.327. The molecule has 0 amide bonds. The summed E-state index contributed by atoms with van der Waals surface area (Å²) in [6, 6.07) is 8.61. The van der Waals surface area contributed by atoms with Crippen LogP contribution in [-0.2, 0) is 0 Å². The van der Waals surface area contributed by atoms with E-state index in [2.05, 4.69) is 40.1 Å². The van der Waals surface area contributed by atoms with Crippen molar-refractivity contribution in [3.05, 3.63) is 46.7 Å². The van der Waals surface area contributed by atoms with E-state index in [-0.39, 0.29) is 5.82 Å². The molecule has 150 valence electrons. The van der Waals surface area contributed by atoms with Gasteiger partial charge >= 0.3 is 0 Å². The van der Waals surface area contributed by atoms with Crippen molar-refractivity contribution in [3.8, 4) is 0 Å². The number of benzene rings is 1. The highest BCUT2D eigenvalue weighted by Gasteiger charge is 2.30. The molecule has 1 aromatic carbocycles. The SMILES string of the molecule is CCN1CCC[C@@H](c2cc3c(Nc4ccc5scnc5c4)c(F)cnc3s2)[C@H]1C. The number of likely N-dealkylation sites (tertiary alicyclic amines) is 1. The van der Waals surface area contributed by atoms with E-state index in [0.29, 0.717) is 17.6 Å². The molecule has 4 nitrogen and oxygen atoms in total. The van der Waals surface area contributed by atoms with Crippen LogP contribution in [0, 0.1) is 5.82 Å². The van der Waals surface area contributed by atoms with Gasteiger partial charge in [0.15, 0.2) is 5.82 Å². The highest BCUT2D eigenvalue weighted by molar-refractivity contribution is 7.18. The molecule has 29 heavy (non-hydrogen) atoms. The monoisotopic (exact) mass is 426 g/mol. The Hall–Kier alpha value is -2.09. The molecule has 4 aromatic rings. The lowest BCUT2D eigenvalue weighted by Crippen LogP contribution is -2.41. The van der Waals surface area contributed by atoms with Gasteiger partial charge in [-0.2, -0.15) is 0 Å². The average molecular weight is 427 g/mol. The summed E-state index contributed by atoms with van der Waals surface area (Å²) in [6.07, 6.45) is 3.71. The van der Waals surface area contributed by atoms with E-state index in [1.807, 2.05) is 23.7 Å². The number of nitrogens with one attached hydrogen (secondary N) is 1. The molecule has 0 saturated carbocycles. The Balaban J connectivity index is 1.52. The Bertz CT molecular complexity index is 1170. The second-order valence-corrected chi connectivity index (χ2v) is 9.58. The summed E-state index contributed by atoms with van der Waals surface area (Å²) < 4.78 is 15.9. The van der Waals surface area contributed by atoms with Crippen LogP contribution in [-0.4, -0.2) is 34.0 Å². The van der Waals surface area contributed by atoms with Gasteiger partial charge in [0.2, 0.25) is 0 Å². The van der Waals surface area contributed by atoms with Gasteiger partial charge in [0.25, 0.3) is 0 Å². The van der Waals surface area contributed by atoms with Crippen LogP contribution >= 0.6 is 22.7 Å². The lowest BCUT2D eigenvalue weighted by Gasteiger charge is -2.38. The Morgan fingerprint density at radius 1 is 1.28 bits per heavy atom. The molecule has 0 bridgehead atoms. The van der Waals surface area contributed by atoms with Crippen LogP contribution in [0.5, 0.6) is 0 Å². The van der Waals surface area contributed by atoms with Gasteiger partial charge in [0.1, 0.15) is 4.83 Å². The lowest BCUT2D eigenvalue weighted by molar-refractivity contribution is 0.148. The first-order valence-corrected chi connectivity index (χ1v) is 11.8. The molecule has 7 heteroatoms. The van der Waals surface area contributed by atoms with Gasteiger partial charge in [0, 0.05) is 27.9 Å². The summed E-state index contributed by atoms with van der Waals surface area (Å²) in [4.78, 5) is 13.5. The van der Waals surface area contributed by atoms with Crippen LogP contribution in [0.3, 0.4) is 0 Å². The maximum absolute atomic E-state index is 14.8. The van der Waals surface area contributed by atoms with Gasteiger partial charge < -0.3 is 10.2 Å². The third-order valence-corrected chi connectivity index (χ3v) is 8.01. The van der Waals surface area contributed by atoms with Gasteiger partial charge in [-0.15, -0.1) is 22.7 Å². The minimum Gasteiger partial charge on any atom is -0.352 e. The van der Waals surface area contributed by atoms with Crippen molar-refractivity contribution < 1.29 is 4.39 Å². The van der Waals surface area contributed by atoms with E-state index >= 15 is 0 Å². The Labute approximate surface area is 177 Å². The van der Waals surface area contributed by atoms with E-state index in [1.54, 1.807) is 22.7 Å². The molecular weight excluding hydrogens is 403 g/mol. The molecule has 3 aromatic heterocycles. The third kappa shape index (κ3) is 3.41. The fourth-order valence-electron chi connectivity index (χ4n) is 4.41. The molecule has 1 N–H and O–H groups in total. The Morgan fingerprint density at radius 3 is 3.03 bits per heavy atom. The number of fused-ring (bicyclic) bond motifs is 2. The number of pyridine rings is 1. The van der Waals surface area contributed by atoms with E-state index in [9.17, 15) is 4.39 Å². The largest absolute Gasteiger partial charge is 0.352 e. The van der Waals surface area contributed by atoms with Gasteiger partial charge in [-0.25, -0.2) is 14.4 Å². The number of anilines is 2. The number of nitrogens with zero attached hydrogens (tertiary/aromatic N) is 3. The predicted molar refractivity (Wildman–Crippen MR) is 121 cm³/mol.